The van der Waals surface area contributed by atoms with Crippen molar-refractivity contribution >= 4 is 28.9 Å². The molecule has 0 aliphatic rings. The first-order valence-electron chi connectivity index (χ1n) is 7.51. The number of hydrogen-bond acceptors (Lipinski definition) is 7. The fourth-order valence-corrected chi connectivity index (χ4v) is 2.05. The molecule has 136 valence electrons. The number of nitrogens with one attached hydrogen (secondary N) is 1. The molecule has 1 atom stereocenters. The first kappa shape index (κ1) is 18.7. The highest BCUT2D eigenvalue weighted by Gasteiger charge is 2.21. The summed E-state index contributed by atoms with van der Waals surface area (Å²) < 4.78 is 10.1. The van der Waals surface area contributed by atoms with E-state index in [1.54, 1.807) is 24.3 Å². The molecule has 0 unspecified atom stereocenters. The number of nitro benzene ring substituents is 1. The van der Waals surface area contributed by atoms with Gasteiger partial charge in [-0.2, -0.15) is 0 Å². The lowest BCUT2D eigenvalue weighted by Crippen LogP contribution is -2.30. The highest BCUT2D eigenvalue weighted by atomic mass is 16.6. The minimum Gasteiger partial charge on any atom is -0.497 e. The quantitative estimate of drug-likeness (QED) is 0.350. The number of carbonyl (C=O) groups excluding carboxylic acids is 2. The Labute approximate surface area is 148 Å². The van der Waals surface area contributed by atoms with E-state index in [2.05, 4.69) is 5.32 Å². The molecule has 0 saturated heterocycles. The van der Waals surface area contributed by atoms with E-state index in [1.165, 1.54) is 20.1 Å². The molecular formula is C17H17N3O6. The van der Waals surface area contributed by atoms with Crippen LogP contribution in [-0.4, -0.2) is 30.0 Å². The van der Waals surface area contributed by atoms with E-state index >= 15 is 0 Å². The van der Waals surface area contributed by atoms with Crippen molar-refractivity contribution in [3.8, 4) is 5.75 Å². The summed E-state index contributed by atoms with van der Waals surface area (Å²) in [5, 5.41) is 13.3. The normalized spacial score (nSPS) is 11.3. The minimum atomic E-state index is -1.10. The van der Waals surface area contributed by atoms with Crippen LogP contribution in [-0.2, 0) is 9.53 Å². The molecule has 0 spiro atoms. The molecule has 0 aromatic heterocycles. The van der Waals surface area contributed by atoms with Crippen LogP contribution in [0.1, 0.15) is 17.3 Å². The van der Waals surface area contributed by atoms with Gasteiger partial charge in [-0.25, -0.2) is 4.79 Å². The van der Waals surface area contributed by atoms with Gasteiger partial charge in [-0.05, 0) is 37.3 Å². The topological polar surface area (TPSA) is 134 Å². The monoisotopic (exact) mass is 359 g/mol. The lowest BCUT2D eigenvalue weighted by molar-refractivity contribution is -0.384. The highest BCUT2D eigenvalue weighted by Crippen LogP contribution is 2.21. The van der Waals surface area contributed by atoms with Crippen molar-refractivity contribution in [1.29, 1.82) is 0 Å². The van der Waals surface area contributed by atoms with E-state index in [-0.39, 0.29) is 16.9 Å². The number of carbonyl (C=O) groups is 2. The zero-order valence-electron chi connectivity index (χ0n) is 14.1. The first-order chi connectivity index (χ1) is 12.3. The third kappa shape index (κ3) is 4.47. The van der Waals surface area contributed by atoms with Crippen LogP contribution in [0.25, 0.3) is 0 Å². The Morgan fingerprint density at radius 1 is 1.19 bits per heavy atom. The zero-order valence-corrected chi connectivity index (χ0v) is 14.1. The average Bonchev–Trinajstić information content (AvgIpc) is 2.61. The van der Waals surface area contributed by atoms with Gasteiger partial charge in [-0.15, -0.1) is 0 Å². The minimum absolute atomic E-state index is 0.0558. The van der Waals surface area contributed by atoms with Crippen LogP contribution in [0.2, 0.25) is 0 Å². The molecule has 2 aromatic carbocycles. The number of amides is 1. The standard InChI is InChI=1S/C17H17N3O6/c1-10(16(21)19-11-3-6-13(25-2)7-4-11)26-17(22)14-8-5-12(20(23)24)9-15(14)18/h3-10H,18H2,1-2H3,(H,19,21)/t10-/m0/s1. The van der Waals surface area contributed by atoms with Gasteiger partial charge in [0.15, 0.2) is 6.10 Å². The van der Waals surface area contributed by atoms with Gasteiger partial charge in [0.1, 0.15) is 5.75 Å². The lowest BCUT2D eigenvalue weighted by Gasteiger charge is -2.14. The number of esters is 1. The Kier molecular flexibility index (Phi) is 5.74. The van der Waals surface area contributed by atoms with Crippen molar-refractivity contribution in [2.75, 3.05) is 18.2 Å². The largest absolute Gasteiger partial charge is 0.497 e. The second kappa shape index (κ2) is 7.97. The number of ether oxygens (including phenoxy) is 2. The number of hydrogen-bond donors (Lipinski definition) is 2. The van der Waals surface area contributed by atoms with E-state index in [4.69, 9.17) is 15.2 Å². The van der Waals surface area contributed by atoms with Crippen LogP contribution in [0.15, 0.2) is 42.5 Å². The van der Waals surface area contributed by atoms with E-state index < -0.39 is 22.9 Å². The Bertz CT molecular complexity index is 835. The number of nitrogen functional groups attached to an aromatic ring is 1. The second-order valence-corrected chi connectivity index (χ2v) is 5.29. The predicted molar refractivity (Wildman–Crippen MR) is 94.0 cm³/mol. The summed E-state index contributed by atoms with van der Waals surface area (Å²) in [6.07, 6.45) is -1.10. The molecule has 2 aromatic rings. The number of nitrogens with two attached hydrogens (primary N) is 1. The van der Waals surface area contributed by atoms with Crippen molar-refractivity contribution in [3.63, 3.8) is 0 Å². The molecule has 0 bridgehead atoms. The van der Waals surface area contributed by atoms with Gasteiger partial charge in [0, 0.05) is 17.8 Å². The summed E-state index contributed by atoms with van der Waals surface area (Å²) in [5.74, 6) is -0.755. The Hall–Kier alpha value is -3.62. The molecule has 9 heteroatoms. The summed E-state index contributed by atoms with van der Waals surface area (Å²) in [4.78, 5) is 34.3. The van der Waals surface area contributed by atoms with Gasteiger partial charge in [0.25, 0.3) is 11.6 Å². The number of benzene rings is 2. The summed E-state index contributed by atoms with van der Waals surface area (Å²) in [6.45, 7) is 1.40. The van der Waals surface area contributed by atoms with E-state index in [9.17, 15) is 19.7 Å². The number of rotatable bonds is 6. The van der Waals surface area contributed by atoms with Gasteiger partial charge in [0.2, 0.25) is 0 Å². The molecule has 0 heterocycles. The van der Waals surface area contributed by atoms with Crippen molar-refractivity contribution in [3.05, 3.63) is 58.1 Å². The lowest BCUT2D eigenvalue weighted by atomic mass is 10.1. The van der Waals surface area contributed by atoms with E-state index in [0.29, 0.717) is 11.4 Å². The molecule has 0 aliphatic carbocycles. The van der Waals surface area contributed by atoms with Gasteiger partial charge in [0.05, 0.1) is 23.3 Å². The van der Waals surface area contributed by atoms with Crippen LogP contribution in [0.4, 0.5) is 17.1 Å². The van der Waals surface area contributed by atoms with Gasteiger partial charge in [-0.1, -0.05) is 0 Å². The van der Waals surface area contributed by atoms with Crippen molar-refractivity contribution in [2.24, 2.45) is 0 Å². The number of nitrogens with zero attached hydrogens (tertiary/aromatic N) is 1. The summed E-state index contributed by atoms with van der Waals surface area (Å²) in [5.41, 5.74) is 5.75. The maximum atomic E-state index is 12.1. The molecule has 9 nitrogen and oxygen atoms in total. The fraction of sp³-hybridized carbons (Fsp3) is 0.176. The molecule has 0 fully saturated rings. The number of non-ortho nitro benzene ring substituents is 1. The summed E-state index contributed by atoms with van der Waals surface area (Å²) in [6, 6.07) is 9.99. The number of methoxy groups -OCH3 is 1. The molecule has 26 heavy (non-hydrogen) atoms. The second-order valence-electron chi connectivity index (χ2n) is 5.29. The number of anilines is 2. The molecule has 0 radical (unpaired) electrons. The van der Waals surface area contributed by atoms with E-state index in [0.717, 1.165) is 12.1 Å². The van der Waals surface area contributed by atoms with Crippen LogP contribution >= 0.6 is 0 Å². The van der Waals surface area contributed by atoms with Crippen LogP contribution in [0.5, 0.6) is 5.75 Å². The highest BCUT2D eigenvalue weighted by molar-refractivity contribution is 5.99. The Morgan fingerprint density at radius 2 is 1.85 bits per heavy atom. The van der Waals surface area contributed by atoms with Crippen molar-refractivity contribution in [1.82, 2.24) is 0 Å². The predicted octanol–water partition coefficient (Wildman–Crippen LogP) is 2.37. The Morgan fingerprint density at radius 3 is 2.38 bits per heavy atom. The van der Waals surface area contributed by atoms with Crippen LogP contribution < -0.4 is 15.8 Å². The first-order valence-corrected chi connectivity index (χ1v) is 7.51. The third-order valence-electron chi connectivity index (χ3n) is 3.48. The molecular weight excluding hydrogens is 342 g/mol. The fourth-order valence-electron chi connectivity index (χ4n) is 2.05. The van der Waals surface area contributed by atoms with Crippen molar-refractivity contribution < 1.29 is 24.0 Å². The molecule has 0 aliphatic heterocycles. The van der Waals surface area contributed by atoms with Crippen LogP contribution in [0.3, 0.4) is 0 Å². The van der Waals surface area contributed by atoms with Gasteiger partial charge >= 0.3 is 5.97 Å². The van der Waals surface area contributed by atoms with Gasteiger partial charge in [-0.3, -0.25) is 14.9 Å². The Balaban J connectivity index is 2.01. The molecule has 3 N–H and O–H groups in total. The summed E-state index contributed by atoms with van der Waals surface area (Å²) >= 11 is 0. The van der Waals surface area contributed by atoms with Crippen molar-refractivity contribution in [2.45, 2.75) is 13.0 Å². The van der Waals surface area contributed by atoms with Crippen LogP contribution in [0, 0.1) is 10.1 Å². The molecule has 2 rings (SSSR count). The molecule has 1 amide bonds. The smallest absolute Gasteiger partial charge is 0.341 e. The SMILES string of the molecule is COc1ccc(NC(=O)[C@H](C)OC(=O)c2ccc([N+](=O)[O-])cc2N)cc1. The van der Waals surface area contributed by atoms with E-state index in [1.807, 2.05) is 0 Å². The molecule has 0 saturated carbocycles. The maximum Gasteiger partial charge on any atom is 0.341 e. The third-order valence-corrected chi connectivity index (χ3v) is 3.48. The number of nitro groups is 1. The summed E-state index contributed by atoms with van der Waals surface area (Å²) in [7, 11) is 1.53. The maximum absolute atomic E-state index is 12.1. The van der Waals surface area contributed by atoms with Gasteiger partial charge < -0.3 is 20.5 Å². The average molecular weight is 359 g/mol. The zero-order chi connectivity index (χ0) is 19.3.